The predicted octanol–water partition coefficient (Wildman–Crippen LogP) is 5.45. The van der Waals surface area contributed by atoms with Crippen molar-refractivity contribution in [3.05, 3.63) is 83.4 Å². The van der Waals surface area contributed by atoms with Crippen LogP contribution in [0.5, 0.6) is 5.75 Å². The summed E-state index contributed by atoms with van der Waals surface area (Å²) in [5.74, 6) is 2.31. The molecule has 280 valence electrons. The van der Waals surface area contributed by atoms with Crippen LogP contribution < -0.4 is 20.3 Å². The van der Waals surface area contributed by atoms with E-state index in [0.717, 1.165) is 35.2 Å². The molecular formula is C43H59N5O4. The summed E-state index contributed by atoms with van der Waals surface area (Å²) >= 11 is 0. The molecule has 52 heavy (non-hydrogen) atoms. The molecule has 3 aromatic rings. The molecule has 0 spiro atoms. The van der Waals surface area contributed by atoms with Gasteiger partial charge in [-0.2, -0.15) is 0 Å². The van der Waals surface area contributed by atoms with E-state index in [-0.39, 0.29) is 23.9 Å². The maximum atomic E-state index is 13.9. The smallest absolute Gasteiger partial charge is 0.251 e. The van der Waals surface area contributed by atoms with Gasteiger partial charge in [0.2, 0.25) is 5.91 Å². The third-order valence-electron chi connectivity index (χ3n) is 12.3. The zero-order valence-electron chi connectivity index (χ0n) is 32.4. The van der Waals surface area contributed by atoms with Gasteiger partial charge < -0.3 is 30.3 Å². The minimum Gasteiger partial charge on any atom is -0.496 e. The van der Waals surface area contributed by atoms with Crippen molar-refractivity contribution < 1.29 is 19.4 Å². The second-order valence-corrected chi connectivity index (χ2v) is 16.7. The molecule has 2 bridgehead atoms. The number of anilines is 1. The number of fused-ring (bicyclic) bond motifs is 2. The van der Waals surface area contributed by atoms with Gasteiger partial charge in [-0.3, -0.25) is 14.5 Å². The Balaban J connectivity index is 1.23. The number of methoxy groups -OCH3 is 1. The summed E-state index contributed by atoms with van der Waals surface area (Å²) in [6.07, 6.45) is 2.85. The molecule has 7 atom stereocenters. The molecule has 0 unspecified atom stereocenters. The first-order valence-corrected chi connectivity index (χ1v) is 19.0. The number of carbonyl (C=O) groups is 2. The number of carbonyl (C=O) groups excluding carboxylic acids is 2. The number of likely N-dealkylation sites (tertiary alicyclic amines) is 1. The van der Waals surface area contributed by atoms with E-state index in [4.69, 9.17) is 4.74 Å². The van der Waals surface area contributed by atoms with Gasteiger partial charge in [-0.25, -0.2) is 0 Å². The van der Waals surface area contributed by atoms with E-state index < -0.39 is 12.1 Å². The topological polar surface area (TPSA) is 97.4 Å². The monoisotopic (exact) mass is 709 g/mol. The molecule has 4 fully saturated rings. The van der Waals surface area contributed by atoms with Gasteiger partial charge in [0.1, 0.15) is 5.75 Å². The fourth-order valence-electron chi connectivity index (χ4n) is 9.27. The number of hydrogen-bond acceptors (Lipinski definition) is 7. The molecule has 0 aromatic heterocycles. The van der Waals surface area contributed by atoms with E-state index in [9.17, 15) is 14.7 Å². The van der Waals surface area contributed by atoms with Crippen molar-refractivity contribution in [3.63, 3.8) is 0 Å². The Morgan fingerprint density at radius 1 is 1.00 bits per heavy atom. The number of benzene rings is 3. The van der Waals surface area contributed by atoms with Crippen molar-refractivity contribution in [1.82, 2.24) is 20.4 Å². The fraction of sp³-hybridized carbons (Fsp3) is 0.535. The standard InChI is InChI=1S/C43H59N5O4/c1-27-37-21-32(43(37,2)3)22-38(27)45-42(51)39-23-35(49)26-48(39)24-29-15-12-16-36(40(29)52-8)30-18-31(20-34(19-30)47(6)7)41(50)44-33(25-46(4)5)17-28-13-10-9-11-14-28/h9-16,18-20,27,32-33,35,37-39,49H,17,21-26H2,1-8H3,(H,44,50)(H,45,51)/t27-,32+,33-,35-,37-,38-,39-/m0/s1. The maximum absolute atomic E-state index is 13.9. The lowest BCUT2D eigenvalue weighted by Crippen LogP contribution is -2.61. The quantitative estimate of drug-likeness (QED) is 0.217. The molecule has 3 N–H and O–H groups in total. The van der Waals surface area contributed by atoms with Crippen LogP contribution in [0.25, 0.3) is 11.1 Å². The van der Waals surface area contributed by atoms with E-state index in [1.807, 2.05) is 81.6 Å². The highest BCUT2D eigenvalue weighted by Gasteiger charge is 2.56. The third-order valence-corrected chi connectivity index (χ3v) is 12.3. The van der Waals surface area contributed by atoms with Crippen LogP contribution in [-0.2, 0) is 17.8 Å². The molecule has 9 nitrogen and oxygen atoms in total. The Labute approximate surface area is 310 Å². The number of hydrogen-bond donors (Lipinski definition) is 3. The van der Waals surface area contributed by atoms with Crippen molar-refractivity contribution in [2.24, 2.45) is 23.2 Å². The summed E-state index contributed by atoms with van der Waals surface area (Å²) in [4.78, 5) is 34.0. The average Bonchev–Trinajstić information content (AvgIpc) is 3.48. The number of nitrogens with one attached hydrogen (secondary N) is 2. The van der Waals surface area contributed by atoms with Crippen molar-refractivity contribution in [1.29, 1.82) is 0 Å². The summed E-state index contributed by atoms with van der Waals surface area (Å²) in [6, 6.07) is 21.9. The summed E-state index contributed by atoms with van der Waals surface area (Å²) in [5.41, 5.74) is 5.66. The fourth-order valence-corrected chi connectivity index (χ4v) is 9.27. The zero-order chi connectivity index (χ0) is 37.3. The first-order valence-electron chi connectivity index (χ1n) is 19.0. The highest BCUT2D eigenvalue weighted by Crippen LogP contribution is 2.61. The molecular weight excluding hydrogens is 651 g/mol. The van der Waals surface area contributed by atoms with Gasteiger partial charge in [-0.1, -0.05) is 69.3 Å². The van der Waals surface area contributed by atoms with Crippen molar-refractivity contribution >= 4 is 17.5 Å². The Kier molecular flexibility index (Phi) is 11.3. The predicted molar refractivity (Wildman–Crippen MR) is 209 cm³/mol. The van der Waals surface area contributed by atoms with Gasteiger partial charge >= 0.3 is 0 Å². The lowest BCUT2D eigenvalue weighted by molar-refractivity contribution is -0.137. The number of ether oxygens (including phenoxy) is 1. The first kappa shape index (κ1) is 37.8. The molecule has 3 aromatic carbocycles. The molecule has 3 saturated carbocycles. The van der Waals surface area contributed by atoms with Crippen LogP contribution in [0.2, 0.25) is 0 Å². The van der Waals surface area contributed by atoms with Crippen LogP contribution in [0.1, 0.15) is 61.5 Å². The van der Waals surface area contributed by atoms with E-state index in [2.05, 4.69) is 59.4 Å². The highest BCUT2D eigenvalue weighted by atomic mass is 16.5. The highest BCUT2D eigenvalue weighted by molar-refractivity contribution is 5.97. The molecule has 3 aliphatic carbocycles. The van der Waals surface area contributed by atoms with E-state index >= 15 is 0 Å². The van der Waals surface area contributed by atoms with Gasteiger partial charge in [-0.05, 0) is 92.3 Å². The Bertz CT molecular complexity index is 1730. The Hall–Kier alpha value is -3.92. The molecule has 4 aliphatic rings. The van der Waals surface area contributed by atoms with Crippen molar-refractivity contribution in [3.8, 4) is 16.9 Å². The second-order valence-electron chi connectivity index (χ2n) is 16.7. The minimum absolute atomic E-state index is 0.0109. The van der Waals surface area contributed by atoms with Crippen LogP contribution >= 0.6 is 0 Å². The van der Waals surface area contributed by atoms with Crippen LogP contribution in [-0.4, -0.2) is 99.3 Å². The van der Waals surface area contributed by atoms with E-state index in [0.29, 0.717) is 60.5 Å². The van der Waals surface area contributed by atoms with E-state index in [1.54, 1.807) is 7.11 Å². The van der Waals surface area contributed by atoms with Gasteiger partial charge in [0.15, 0.2) is 0 Å². The number of aliphatic hydroxyl groups is 1. The number of aliphatic hydroxyl groups excluding tert-OH is 1. The van der Waals surface area contributed by atoms with E-state index in [1.165, 1.54) is 12.0 Å². The number of β-amino-alcohol motifs (C(OH)–C–C–N with tert-alkyl or cyclic N) is 1. The lowest BCUT2D eigenvalue weighted by Gasteiger charge is -2.62. The molecule has 9 heteroatoms. The largest absolute Gasteiger partial charge is 0.496 e. The van der Waals surface area contributed by atoms with Gasteiger partial charge in [0.05, 0.1) is 19.3 Å². The van der Waals surface area contributed by atoms with Crippen molar-refractivity contribution in [2.45, 2.75) is 77.2 Å². The lowest BCUT2D eigenvalue weighted by atomic mass is 9.45. The van der Waals surface area contributed by atoms with Crippen LogP contribution in [0.15, 0.2) is 66.7 Å². The first-order chi connectivity index (χ1) is 24.7. The molecule has 2 amide bonds. The molecule has 7 rings (SSSR count). The summed E-state index contributed by atoms with van der Waals surface area (Å²) in [5, 5.41) is 17.5. The van der Waals surface area contributed by atoms with Gasteiger partial charge in [0.25, 0.3) is 5.91 Å². The third kappa shape index (κ3) is 8.02. The maximum Gasteiger partial charge on any atom is 0.251 e. The number of rotatable bonds is 13. The van der Waals surface area contributed by atoms with Crippen LogP contribution in [0, 0.1) is 23.2 Å². The summed E-state index contributed by atoms with van der Waals surface area (Å²) in [6.45, 7) is 8.62. The normalized spacial score (nSPS) is 25.7. The molecule has 1 aliphatic heterocycles. The number of likely N-dealkylation sites (N-methyl/N-ethyl adjacent to an activating group) is 1. The Morgan fingerprint density at radius 2 is 1.75 bits per heavy atom. The number of nitrogens with zero attached hydrogens (tertiary/aromatic N) is 3. The number of amides is 2. The SMILES string of the molecule is COc1c(CN2C[C@@H](O)C[C@H]2C(=O)N[C@H]2C[C@H]3C[C@@H]([C@@H]2C)C3(C)C)cccc1-c1cc(C(=O)N[C@@H](Cc2ccccc2)CN(C)C)cc(N(C)C)c1. The average molecular weight is 710 g/mol. The van der Waals surface area contributed by atoms with Crippen molar-refractivity contribution in [2.75, 3.05) is 53.3 Å². The minimum atomic E-state index is -0.572. The van der Waals surface area contributed by atoms with Gasteiger partial charge in [-0.15, -0.1) is 0 Å². The molecule has 0 radical (unpaired) electrons. The molecule has 1 heterocycles. The zero-order valence-corrected chi connectivity index (χ0v) is 32.4. The summed E-state index contributed by atoms with van der Waals surface area (Å²) < 4.78 is 6.10. The number of para-hydroxylation sites is 1. The van der Waals surface area contributed by atoms with Gasteiger partial charge in [0, 0.05) is 68.2 Å². The second kappa shape index (κ2) is 15.6. The molecule has 1 saturated heterocycles. The van der Waals surface area contributed by atoms with Crippen LogP contribution in [0.3, 0.4) is 0 Å². The van der Waals surface area contributed by atoms with Crippen LogP contribution in [0.4, 0.5) is 5.69 Å². The Morgan fingerprint density at radius 3 is 2.40 bits per heavy atom. The summed E-state index contributed by atoms with van der Waals surface area (Å²) in [7, 11) is 9.65.